The highest BCUT2D eigenvalue weighted by atomic mass is 32.2. The summed E-state index contributed by atoms with van der Waals surface area (Å²) in [6.45, 7) is 5.04. The van der Waals surface area contributed by atoms with Crippen LogP contribution in [0.1, 0.15) is 21.5 Å². The van der Waals surface area contributed by atoms with E-state index in [0.717, 1.165) is 11.3 Å². The quantitative estimate of drug-likeness (QED) is 0.672. The van der Waals surface area contributed by atoms with Gasteiger partial charge in [-0.15, -0.1) is 0 Å². The van der Waals surface area contributed by atoms with Crippen molar-refractivity contribution in [3.63, 3.8) is 0 Å². The van der Waals surface area contributed by atoms with Crippen LogP contribution in [0.25, 0.3) is 0 Å². The first-order valence-corrected chi connectivity index (χ1v) is 11.8. The van der Waals surface area contributed by atoms with Gasteiger partial charge in [0.1, 0.15) is 5.56 Å². The van der Waals surface area contributed by atoms with Crippen molar-refractivity contribution in [3.8, 4) is 0 Å². The number of aryl methyl sites for hydroxylation is 2. The highest BCUT2D eigenvalue weighted by molar-refractivity contribution is 7.99. The Morgan fingerprint density at radius 3 is 2.55 bits per heavy atom. The van der Waals surface area contributed by atoms with E-state index in [1.165, 1.54) is 31.7 Å². The van der Waals surface area contributed by atoms with E-state index in [0.29, 0.717) is 22.2 Å². The van der Waals surface area contributed by atoms with Crippen molar-refractivity contribution in [2.45, 2.75) is 30.4 Å². The second-order valence-electron chi connectivity index (χ2n) is 7.22. The number of rotatable bonds is 3. The normalized spacial score (nSPS) is 17.4. The van der Waals surface area contributed by atoms with E-state index in [-0.39, 0.29) is 37.3 Å². The van der Waals surface area contributed by atoms with Gasteiger partial charge in [-0.25, -0.2) is 13.4 Å². The highest BCUT2D eigenvalue weighted by Crippen LogP contribution is 2.23. The summed E-state index contributed by atoms with van der Waals surface area (Å²) in [6.07, 6.45) is 1.34. The van der Waals surface area contributed by atoms with E-state index < -0.39 is 15.9 Å². The summed E-state index contributed by atoms with van der Waals surface area (Å²) in [4.78, 5) is 31.5. The molecule has 1 aromatic heterocycles. The molecule has 0 unspecified atom stereocenters. The molecule has 8 nitrogen and oxygen atoms in total. The number of carbonyl (C=O) groups is 1. The minimum atomic E-state index is -3.63. The number of amides is 1. The number of sulfonamides is 1. The molecule has 4 rings (SSSR count). The first-order chi connectivity index (χ1) is 13.8. The van der Waals surface area contributed by atoms with Crippen LogP contribution < -0.4 is 5.56 Å². The molecule has 0 N–H and O–H groups in total. The molecule has 3 heterocycles. The molecule has 1 fully saturated rings. The molecular weight excluding hydrogens is 412 g/mol. The molecule has 10 heteroatoms. The van der Waals surface area contributed by atoms with Crippen LogP contribution in [0, 0.1) is 13.8 Å². The van der Waals surface area contributed by atoms with Gasteiger partial charge < -0.3 is 4.90 Å². The van der Waals surface area contributed by atoms with Gasteiger partial charge in [-0.1, -0.05) is 23.9 Å². The van der Waals surface area contributed by atoms with Crippen LogP contribution in [0.15, 0.2) is 39.2 Å². The summed E-state index contributed by atoms with van der Waals surface area (Å²) in [6, 6.07) is 5.36. The number of fused-ring (bicyclic) bond motifs is 1. The largest absolute Gasteiger partial charge is 0.336 e. The summed E-state index contributed by atoms with van der Waals surface area (Å²) in [5, 5.41) is 0.635. The van der Waals surface area contributed by atoms with Crippen molar-refractivity contribution in [2.24, 2.45) is 0 Å². The molecule has 2 aromatic rings. The third-order valence-electron chi connectivity index (χ3n) is 5.27. The minimum absolute atomic E-state index is 0.0436. The standard InChI is InChI=1S/C19H22N4O4S2/c1-13-3-4-14(2)16(11-13)29(26,27)22-7-5-21(6-8-22)17(24)15-12-20-19-23(18(15)25)9-10-28-19/h3-4,11-12H,5-10H2,1-2H3. The highest BCUT2D eigenvalue weighted by Gasteiger charge is 2.32. The van der Waals surface area contributed by atoms with Crippen molar-refractivity contribution >= 4 is 27.7 Å². The van der Waals surface area contributed by atoms with Crippen molar-refractivity contribution in [1.29, 1.82) is 0 Å². The average molecular weight is 435 g/mol. The fourth-order valence-corrected chi connectivity index (χ4v) is 6.24. The third-order valence-corrected chi connectivity index (χ3v) is 8.29. The number of aromatic nitrogens is 2. The topological polar surface area (TPSA) is 92.6 Å². The molecular formula is C19H22N4O4S2. The first kappa shape index (κ1) is 20.1. The van der Waals surface area contributed by atoms with E-state index in [1.54, 1.807) is 19.1 Å². The maximum absolute atomic E-state index is 13.0. The molecule has 2 aliphatic heterocycles. The molecule has 0 saturated carbocycles. The lowest BCUT2D eigenvalue weighted by atomic mass is 10.2. The lowest BCUT2D eigenvalue weighted by molar-refractivity contribution is 0.0694. The number of nitrogens with zero attached hydrogens (tertiary/aromatic N) is 4. The summed E-state index contributed by atoms with van der Waals surface area (Å²) in [5.74, 6) is 0.382. The van der Waals surface area contributed by atoms with Crippen molar-refractivity contribution < 1.29 is 13.2 Å². The molecule has 1 amide bonds. The minimum Gasteiger partial charge on any atom is -0.336 e. The summed E-state index contributed by atoms with van der Waals surface area (Å²) < 4.78 is 29.0. The molecule has 0 spiro atoms. The molecule has 0 atom stereocenters. The van der Waals surface area contributed by atoms with Crippen LogP contribution in [0.2, 0.25) is 0 Å². The average Bonchev–Trinajstić information content (AvgIpc) is 3.19. The van der Waals surface area contributed by atoms with Gasteiger partial charge in [0.2, 0.25) is 10.0 Å². The predicted molar refractivity (Wildman–Crippen MR) is 110 cm³/mol. The van der Waals surface area contributed by atoms with E-state index in [2.05, 4.69) is 4.98 Å². The molecule has 1 aromatic carbocycles. The van der Waals surface area contributed by atoms with E-state index in [9.17, 15) is 18.0 Å². The van der Waals surface area contributed by atoms with Gasteiger partial charge in [-0.2, -0.15) is 4.31 Å². The monoisotopic (exact) mass is 434 g/mol. The maximum atomic E-state index is 13.0. The van der Waals surface area contributed by atoms with Crippen LogP contribution in [0.3, 0.4) is 0 Å². The Bertz CT molecular complexity index is 1140. The van der Waals surface area contributed by atoms with Crippen LogP contribution in [0.4, 0.5) is 0 Å². The summed E-state index contributed by atoms with van der Waals surface area (Å²) in [5.41, 5.74) is 1.30. The van der Waals surface area contributed by atoms with E-state index in [1.807, 2.05) is 13.0 Å². The lowest BCUT2D eigenvalue weighted by Crippen LogP contribution is -2.51. The van der Waals surface area contributed by atoms with Crippen LogP contribution in [-0.4, -0.2) is 65.0 Å². The zero-order valence-electron chi connectivity index (χ0n) is 16.3. The first-order valence-electron chi connectivity index (χ1n) is 9.38. The zero-order valence-corrected chi connectivity index (χ0v) is 17.9. The van der Waals surface area contributed by atoms with Crippen LogP contribution in [-0.2, 0) is 16.6 Å². The van der Waals surface area contributed by atoms with Crippen LogP contribution >= 0.6 is 11.8 Å². The Morgan fingerprint density at radius 1 is 1.10 bits per heavy atom. The van der Waals surface area contributed by atoms with Crippen LogP contribution in [0.5, 0.6) is 0 Å². The second-order valence-corrected chi connectivity index (χ2v) is 10.2. The fraction of sp³-hybridized carbons (Fsp3) is 0.421. The Hall–Kier alpha value is -2.17. The van der Waals surface area contributed by atoms with E-state index >= 15 is 0 Å². The predicted octanol–water partition coefficient (Wildman–Crippen LogP) is 1.11. The van der Waals surface area contributed by atoms with Gasteiger partial charge in [0.25, 0.3) is 11.5 Å². The zero-order chi connectivity index (χ0) is 20.8. The van der Waals surface area contributed by atoms with Gasteiger partial charge in [-0.3, -0.25) is 14.2 Å². The molecule has 1 saturated heterocycles. The fourth-order valence-electron chi connectivity index (χ4n) is 3.59. The molecule has 2 aliphatic rings. The SMILES string of the molecule is Cc1ccc(C)c(S(=O)(=O)N2CCN(C(=O)c3cnc4n(c3=O)CCS4)CC2)c1. The number of benzene rings is 1. The maximum Gasteiger partial charge on any atom is 0.267 e. The van der Waals surface area contributed by atoms with Crippen molar-refractivity contribution in [2.75, 3.05) is 31.9 Å². The Labute approximate surface area is 173 Å². The summed E-state index contributed by atoms with van der Waals surface area (Å²) in [7, 11) is -3.63. The van der Waals surface area contributed by atoms with Gasteiger partial charge in [-0.05, 0) is 31.0 Å². The molecule has 154 valence electrons. The Morgan fingerprint density at radius 2 is 1.83 bits per heavy atom. The number of hydrogen-bond donors (Lipinski definition) is 0. The molecule has 0 bridgehead atoms. The van der Waals surface area contributed by atoms with Gasteiger partial charge in [0.05, 0.1) is 4.90 Å². The molecule has 0 aliphatic carbocycles. The summed E-state index contributed by atoms with van der Waals surface area (Å²) >= 11 is 1.49. The van der Waals surface area contributed by atoms with E-state index in [4.69, 9.17) is 0 Å². The number of piperazine rings is 1. The Balaban J connectivity index is 1.50. The van der Waals surface area contributed by atoms with Crippen molar-refractivity contribution in [3.05, 3.63) is 51.4 Å². The Kier molecular flexibility index (Phi) is 5.26. The van der Waals surface area contributed by atoms with Gasteiger partial charge in [0.15, 0.2) is 5.16 Å². The van der Waals surface area contributed by atoms with Gasteiger partial charge >= 0.3 is 0 Å². The number of carbonyl (C=O) groups excluding carboxylic acids is 1. The second kappa shape index (κ2) is 7.58. The third kappa shape index (κ3) is 3.60. The smallest absolute Gasteiger partial charge is 0.267 e. The number of hydrogen-bond acceptors (Lipinski definition) is 6. The molecule has 29 heavy (non-hydrogen) atoms. The lowest BCUT2D eigenvalue weighted by Gasteiger charge is -2.34. The number of thioether (sulfide) groups is 1. The molecule has 0 radical (unpaired) electrons. The van der Waals surface area contributed by atoms with Gasteiger partial charge in [0, 0.05) is 44.7 Å². The van der Waals surface area contributed by atoms with Crippen molar-refractivity contribution in [1.82, 2.24) is 18.8 Å².